The Morgan fingerprint density at radius 3 is 2.07 bits per heavy atom. The lowest BCUT2D eigenvalue weighted by atomic mass is 10.2. The monoisotopic (exact) mass is 216 g/mol. The van der Waals surface area contributed by atoms with Crippen LogP contribution in [0.1, 0.15) is 27.2 Å². The Hall–Kier alpha value is -1.59. The zero-order valence-corrected chi connectivity index (χ0v) is 9.03. The SMILES string of the molecule is CCC(=O)N[C@@H](C)C(=O)N[C@@H](C)C(=O)O. The largest absolute Gasteiger partial charge is 0.480 e. The summed E-state index contributed by atoms with van der Waals surface area (Å²) in [5, 5.41) is 13.2. The summed E-state index contributed by atoms with van der Waals surface area (Å²) >= 11 is 0. The van der Waals surface area contributed by atoms with Crippen LogP contribution in [0.3, 0.4) is 0 Å². The quantitative estimate of drug-likeness (QED) is 0.576. The number of carboxylic acids is 1. The van der Waals surface area contributed by atoms with Crippen molar-refractivity contribution in [2.45, 2.75) is 39.3 Å². The fraction of sp³-hybridized carbons (Fsp3) is 0.667. The fourth-order valence-electron chi connectivity index (χ4n) is 0.809. The average molecular weight is 216 g/mol. The average Bonchev–Trinajstić information content (AvgIpc) is 2.16. The van der Waals surface area contributed by atoms with Crippen molar-refractivity contribution >= 4 is 17.8 Å². The summed E-state index contributed by atoms with van der Waals surface area (Å²) in [5.74, 6) is -1.87. The van der Waals surface area contributed by atoms with Crippen LogP contribution < -0.4 is 10.6 Å². The lowest BCUT2D eigenvalue weighted by molar-refractivity contribution is -0.141. The van der Waals surface area contributed by atoms with Crippen LogP contribution in [0.2, 0.25) is 0 Å². The van der Waals surface area contributed by atoms with E-state index in [1.54, 1.807) is 6.92 Å². The molecule has 0 saturated heterocycles. The Kier molecular flexibility index (Phi) is 5.36. The summed E-state index contributed by atoms with van der Waals surface area (Å²) in [5.41, 5.74) is 0. The third-order valence-corrected chi connectivity index (χ3v) is 1.82. The van der Waals surface area contributed by atoms with E-state index in [2.05, 4.69) is 10.6 Å². The molecule has 0 aromatic rings. The predicted octanol–water partition coefficient (Wildman–Crippen LogP) is -0.510. The van der Waals surface area contributed by atoms with E-state index in [1.165, 1.54) is 13.8 Å². The summed E-state index contributed by atoms with van der Waals surface area (Å²) in [4.78, 5) is 32.7. The first kappa shape index (κ1) is 13.4. The Balaban J connectivity index is 4.10. The maximum absolute atomic E-state index is 11.3. The molecule has 0 aliphatic rings. The summed E-state index contributed by atoms with van der Waals surface area (Å²) < 4.78 is 0. The van der Waals surface area contributed by atoms with Gasteiger partial charge in [0.15, 0.2) is 0 Å². The van der Waals surface area contributed by atoms with Gasteiger partial charge in [0.05, 0.1) is 0 Å². The molecule has 0 radical (unpaired) electrons. The van der Waals surface area contributed by atoms with E-state index in [9.17, 15) is 14.4 Å². The van der Waals surface area contributed by atoms with Gasteiger partial charge in [-0.15, -0.1) is 0 Å². The number of carbonyl (C=O) groups excluding carboxylic acids is 2. The highest BCUT2D eigenvalue weighted by atomic mass is 16.4. The van der Waals surface area contributed by atoms with Crippen LogP contribution in [-0.2, 0) is 14.4 Å². The summed E-state index contributed by atoms with van der Waals surface area (Å²) in [6, 6.07) is -1.68. The maximum atomic E-state index is 11.3. The van der Waals surface area contributed by atoms with Crippen LogP contribution in [0, 0.1) is 0 Å². The highest BCUT2D eigenvalue weighted by molar-refractivity contribution is 5.89. The van der Waals surface area contributed by atoms with Crippen molar-refractivity contribution in [2.24, 2.45) is 0 Å². The van der Waals surface area contributed by atoms with Gasteiger partial charge in [0.2, 0.25) is 11.8 Å². The molecular formula is C9H16N2O4. The third kappa shape index (κ3) is 4.99. The van der Waals surface area contributed by atoms with Gasteiger partial charge >= 0.3 is 5.97 Å². The zero-order valence-electron chi connectivity index (χ0n) is 9.03. The normalized spacial score (nSPS) is 13.8. The van der Waals surface area contributed by atoms with Crippen molar-refractivity contribution in [1.82, 2.24) is 10.6 Å². The van der Waals surface area contributed by atoms with Crippen LogP contribution in [0.25, 0.3) is 0 Å². The molecule has 0 saturated carbocycles. The topological polar surface area (TPSA) is 95.5 Å². The summed E-state index contributed by atoms with van der Waals surface area (Å²) in [6.07, 6.45) is 0.284. The van der Waals surface area contributed by atoms with Crippen LogP contribution in [0.5, 0.6) is 0 Å². The molecule has 0 aromatic heterocycles. The van der Waals surface area contributed by atoms with Crippen molar-refractivity contribution in [3.05, 3.63) is 0 Å². The predicted molar refractivity (Wildman–Crippen MR) is 53.1 cm³/mol. The fourth-order valence-corrected chi connectivity index (χ4v) is 0.809. The molecule has 0 aliphatic carbocycles. The highest BCUT2D eigenvalue weighted by Crippen LogP contribution is 1.88. The molecule has 2 atom stereocenters. The van der Waals surface area contributed by atoms with Gasteiger partial charge in [0.1, 0.15) is 12.1 Å². The van der Waals surface area contributed by atoms with E-state index in [1.807, 2.05) is 0 Å². The first-order chi connectivity index (χ1) is 6.88. The van der Waals surface area contributed by atoms with Crippen molar-refractivity contribution in [1.29, 1.82) is 0 Å². The number of rotatable bonds is 5. The van der Waals surface area contributed by atoms with Gasteiger partial charge in [-0.1, -0.05) is 6.92 Å². The Labute approximate surface area is 88.0 Å². The van der Waals surface area contributed by atoms with Crippen molar-refractivity contribution < 1.29 is 19.5 Å². The number of amides is 2. The van der Waals surface area contributed by atoms with E-state index in [-0.39, 0.29) is 12.3 Å². The molecule has 0 aliphatic heterocycles. The Morgan fingerprint density at radius 1 is 1.13 bits per heavy atom. The molecule has 0 rings (SSSR count). The number of aliphatic carboxylic acids is 1. The van der Waals surface area contributed by atoms with Crippen LogP contribution in [-0.4, -0.2) is 35.0 Å². The lowest BCUT2D eigenvalue weighted by Gasteiger charge is -2.15. The number of nitrogens with one attached hydrogen (secondary N) is 2. The maximum Gasteiger partial charge on any atom is 0.325 e. The minimum atomic E-state index is -1.11. The minimum Gasteiger partial charge on any atom is -0.480 e. The minimum absolute atomic E-state index is 0.249. The number of hydrogen-bond donors (Lipinski definition) is 3. The molecule has 0 unspecified atom stereocenters. The first-order valence-corrected chi connectivity index (χ1v) is 4.71. The standard InChI is InChI=1S/C9H16N2O4/c1-4-7(12)10-5(2)8(13)11-6(3)9(14)15/h5-6H,4H2,1-3H3,(H,10,12)(H,11,13)(H,14,15)/t5-,6-/m0/s1. The van der Waals surface area contributed by atoms with Crippen molar-refractivity contribution in [3.8, 4) is 0 Å². The van der Waals surface area contributed by atoms with E-state index in [4.69, 9.17) is 5.11 Å². The van der Waals surface area contributed by atoms with Gasteiger partial charge in [0, 0.05) is 6.42 Å². The molecule has 3 N–H and O–H groups in total. The number of hydrogen-bond acceptors (Lipinski definition) is 3. The zero-order chi connectivity index (χ0) is 12.0. The lowest BCUT2D eigenvalue weighted by Crippen LogP contribution is -2.49. The van der Waals surface area contributed by atoms with Gasteiger partial charge in [0.25, 0.3) is 0 Å². The molecule has 15 heavy (non-hydrogen) atoms. The molecule has 6 nitrogen and oxygen atoms in total. The van der Waals surface area contributed by atoms with Crippen LogP contribution in [0.15, 0.2) is 0 Å². The van der Waals surface area contributed by atoms with Crippen LogP contribution >= 0.6 is 0 Å². The molecule has 0 bridgehead atoms. The second kappa shape index (κ2) is 6.00. The number of carbonyl (C=O) groups is 3. The second-order valence-electron chi connectivity index (χ2n) is 3.21. The van der Waals surface area contributed by atoms with Gasteiger partial charge in [-0.3, -0.25) is 14.4 Å². The number of carboxylic acid groups (broad SMARTS) is 1. The molecule has 2 amide bonds. The van der Waals surface area contributed by atoms with E-state index >= 15 is 0 Å². The van der Waals surface area contributed by atoms with Crippen molar-refractivity contribution in [2.75, 3.05) is 0 Å². The molecule has 6 heteroatoms. The summed E-state index contributed by atoms with van der Waals surface area (Å²) in [6.45, 7) is 4.52. The molecule has 0 fully saturated rings. The Bertz CT molecular complexity index is 265. The van der Waals surface area contributed by atoms with E-state index < -0.39 is 24.0 Å². The second-order valence-corrected chi connectivity index (χ2v) is 3.21. The van der Waals surface area contributed by atoms with E-state index in [0.717, 1.165) is 0 Å². The Morgan fingerprint density at radius 2 is 1.67 bits per heavy atom. The molecular weight excluding hydrogens is 200 g/mol. The van der Waals surface area contributed by atoms with Gasteiger partial charge < -0.3 is 15.7 Å². The molecule has 0 spiro atoms. The van der Waals surface area contributed by atoms with Gasteiger partial charge in [-0.05, 0) is 13.8 Å². The first-order valence-electron chi connectivity index (χ1n) is 4.71. The highest BCUT2D eigenvalue weighted by Gasteiger charge is 2.19. The van der Waals surface area contributed by atoms with Crippen LogP contribution in [0.4, 0.5) is 0 Å². The third-order valence-electron chi connectivity index (χ3n) is 1.82. The molecule has 0 heterocycles. The van der Waals surface area contributed by atoms with E-state index in [0.29, 0.717) is 0 Å². The van der Waals surface area contributed by atoms with Gasteiger partial charge in [-0.25, -0.2) is 0 Å². The molecule has 0 aromatic carbocycles. The molecule has 86 valence electrons. The van der Waals surface area contributed by atoms with Gasteiger partial charge in [-0.2, -0.15) is 0 Å². The van der Waals surface area contributed by atoms with Crippen molar-refractivity contribution in [3.63, 3.8) is 0 Å². The smallest absolute Gasteiger partial charge is 0.325 e. The summed E-state index contributed by atoms with van der Waals surface area (Å²) in [7, 11) is 0.